The van der Waals surface area contributed by atoms with Crippen molar-refractivity contribution >= 4 is 11.3 Å². The fraction of sp³-hybridized carbons (Fsp3) is 0.750. The van der Waals surface area contributed by atoms with Crippen LogP contribution in [0.15, 0.2) is 6.20 Å². The Morgan fingerprint density at radius 1 is 1.27 bits per heavy atom. The second kappa shape index (κ2) is 6.23. The van der Waals surface area contributed by atoms with Gasteiger partial charge in [0.15, 0.2) is 0 Å². The molecule has 0 fully saturated rings. The maximum atomic E-state index is 4.46. The number of thiazole rings is 1. The van der Waals surface area contributed by atoms with Crippen molar-refractivity contribution in [1.82, 2.24) is 10.3 Å². The zero-order chi connectivity index (χ0) is 11.3. The summed E-state index contributed by atoms with van der Waals surface area (Å²) < 4.78 is 0. The molecule has 1 atom stereocenters. The first kappa shape index (κ1) is 12.7. The molecule has 0 saturated heterocycles. The third-order valence-electron chi connectivity index (χ3n) is 2.77. The summed E-state index contributed by atoms with van der Waals surface area (Å²) in [5.41, 5.74) is 0. The first-order valence-corrected chi connectivity index (χ1v) is 6.71. The molecule has 1 rings (SSSR count). The van der Waals surface area contributed by atoms with E-state index in [9.17, 15) is 0 Å². The third-order valence-corrected chi connectivity index (χ3v) is 3.79. The third kappa shape index (κ3) is 3.58. The van der Waals surface area contributed by atoms with Gasteiger partial charge in [0.1, 0.15) is 5.01 Å². The standard InChI is InChI=1S/C12H22N2S/c1-5-10(6-2)14-11(7-3)12-13-8-9(4)15-12/h8,10-11,14H,5-7H2,1-4H3. The maximum Gasteiger partial charge on any atom is 0.110 e. The summed E-state index contributed by atoms with van der Waals surface area (Å²) in [6.07, 6.45) is 5.47. The molecule has 2 nitrogen and oxygen atoms in total. The molecule has 3 heteroatoms. The highest BCUT2D eigenvalue weighted by molar-refractivity contribution is 7.11. The lowest BCUT2D eigenvalue weighted by Crippen LogP contribution is -2.31. The van der Waals surface area contributed by atoms with Crippen molar-refractivity contribution in [3.8, 4) is 0 Å². The van der Waals surface area contributed by atoms with Crippen LogP contribution in [0.4, 0.5) is 0 Å². The van der Waals surface area contributed by atoms with Gasteiger partial charge in [-0.1, -0.05) is 20.8 Å². The average molecular weight is 226 g/mol. The van der Waals surface area contributed by atoms with Gasteiger partial charge in [0.05, 0.1) is 6.04 Å². The minimum Gasteiger partial charge on any atom is -0.305 e. The van der Waals surface area contributed by atoms with E-state index in [2.05, 4.69) is 38.0 Å². The molecule has 1 N–H and O–H groups in total. The molecule has 1 unspecified atom stereocenters. The molecule has 0 saturated carbocycles. The molecule has 0 aliphatic heterocycles. The van der Waals surface area contributed by atoms with Crippen molar-refractivity contribution < 1.29 is 0 Å². The Hall–Kier alpha value is -0.410. The van der Waals surface area contributed by atoms with Gasteiger partial charge in [-0.3, -0.25) is 0 Å². The Morgan fingerprint density at radius 3 is 2.33 bits per heavy atom. The van der Waals surface area contributed by atoms with Crippen LogP contribution in [-0.2, 0) is 0 Å². The number of hydrogen-bond acceptors (Lipinski definition) is 3. The van der Waals surface area contributed by atoms with Crippen LogP contribution >= 0.6 is 11.3 Å². The van der Waals surface area contributed by atoms with E-state index < -0.39 is 0 Å². The number of nitrogens with zero attached hydrogens (tertiary/aromatic N) is 1. The van der Waals surface area contributed by atoms with Gasteiger partial charge >= 0.3 is 0 Å². The van der Waals surface area contributed by atoms with E-state index in [1.165, 1.54) is 22.7 Å². The van der Waals surface area contributed by atoms with Crippen LogP contribution in [-0.4, -0.2) is 11.0 Å². The van der Waals surface area contributed by atoms with Crippen molar-refractivity contribution in [1.29, 1.82) is 0 Å². The summed E-state index contributed by atoms with van der Waals surface area (Å²) in [4.78, 5) is 5.77. The lowest BCUT2D eigenvalue weighted by molar-refractivity contribution is 0.406. The molecular formula is C12H22N2S. The lowest BCUT2D eigenvalue weighted by Gasteiger charge is -2.21. The van der Waals surface area contributed by atoms with Crippen LogP contribution in [0, 0.1) is 6.92 Å². The van der Waals surface area contributed by atoms with E-state index in [4.69, 9.17) is 0 Å². The van der Waals surface area contributed by atoms with Crippen molar-refractivity contribution in [2.45, 2.75) is 59.0 Å². The topological polar surface area (TPSA) is 24.9 Å². The zero-order valence-electron chi connectivity index (χ0n) is 10.2. The van der Waals surface area contributed by atoms with Crippen molar-refractivity contribution in [3.05, 3.63) is 16.1 Å². The van der Waals surface area contributed by atoms with E-state index in [-0.39, 0.29) is 0 Å². The summed E-state index contributed by atoms with van der Waals surface area (Å²) >= 11 is 1.81. The molecule has 0 amide bonds. The predicted octanol–water partition coefficient (Wildman–Crippen LogP) is 3.68. The number of rotatable bonds is 6. The summed E-state index contributed by atoms with van der Waals surface area (Å²) in [5.74, 6) is 0. The second-order valence-corrected chi connectivity index (χ2v) is 5.22. The van der Waals surface area contributed by atoms with Gasteiger partial charge in [-0.25, -0.2) is 4.98 Å². The van der Waals surface area contributed by atoms with Gasteiger partial charge in [-0.15, -0.1) is 11.3 Å². The molecular weight excluding hydrogens is 204 g/mol. The molecule has 0 radical (unpaired) electrons. The van der Waals surface area contributed by atoms with E-state index in [0.29, 0.717) is 12.1 Å². The Bertz CT molecular complexity index is 279. The predicted molar refractivity (Wildman–Crippen MR) is 67.4 cm³/mol. The maximum absolute atomic E-state index is 4.46. The second-order valence-electron chi connectivity index (χ2n) is 3.95. The highest BCUT2D eigenvalue weighted by atomic mass is 32.1. The van der Waals surface area contributed by atoms with Gasteiger partial charge in [0.25, 0.3) is 0 Å². The van der Waals surface area contributed by atoms with Crippen molar-refractivity contribution in [2.75, 3.05) is 0 Å². The largest absolute Gasteiger partial charge is 0.305 e. The van der Waals surface area contributed by atoms with Crippen LogP contribution < -0.4 is 5.32 Å². The minimum atomic E-state index is 0.439. The molecule has 86 valence electrons. The molecule has 0 aliphatic carbocycles. The molecule has 1 heterocycles. The Labute approximate surface area is 97.1 Å². The fourth-order valence-corrected chi connectivity index (χ4v) is 2.62. The van der Waals surface area contributed by atoms with Crippen molar-refractivity contribution in [2.24, 2.45) is 0 Å². The van der Waals surface area contributed by atoms with E-state index in [0.717, 1.165) is 6.42 Å². The first-order chi connectivity index (χ1) is 7.21. The van der Waals surface area contributed by atoms with Crippen molar-refractivity contribution in [3.63, 3.8) is 0 Å². The Morgan fingerprint density at radius 2 is 1.93 bits per heavy atom. The van der Waals surface area contributed by atoms with Crippen LogP contribution in [0.1, 0.15) is 56.0 Å². The summed E-state index contributed by atoms with van der Waals surface area (Å²) in [7, 11) is 0. The van der Waals surface area contributed by atoms with Gasteiger partial charge in [-0.05, 0) is 26.2 Å². The number of aryl methyl sites for hydroxylation is 1. The Kier molecular flexibility index (Phi) is 5.26. The SMILES string of the molecule is CCC(CC)NC(CC)c1ncc(C)s1. The van der Waals surface area contributed by atoms with Gasteiger partial charge < -0.3 is 5.32 Å². The van der Waals surface area contributed by atoms with E-state index >= 15 is 0 Å². The van der Waals surface area contributed by atoms with E-state index in [1.807, 2.05) is 17.5 Å². The number of hydrogen-bond donors (Lipinski definition) is 1. The van der Waals surface area contributed by atoms with Gasteiger partial charge in [-0.2, -0.15) is 0 Å². The van der Waals surface area contributed by atoms with Gasteiger partial charge in [0.2, 0.25) is 0 Å². The highest BCUT2D eigenvalue weighted by Gasteiger charge is 2.15. The monoisotopic (exact) mass is 226 g/mol. The van der Waals surface area contributed by atoms with Crippen LogP contribution in [0.25, 0.3) is 0 Å². The minimum absolute atomic E-state index is 0.439. The quantitative estimate of drug-likeness (QED) is 0.800. The molecule has 0 bridgehead atoms. The summed E-state index contributed by atoms with van der Waals surface area (Å²) in [6, 6.07) is 1.06. The molecule has 0 aliphatic rings. The highest BCUT2D eigenvalue weighted by Crippen LogP contribution is 2.23. The lowest BCUT2D eigenvalue weighted by atomic mass is 10.1. The fourth-order valence-electron chi connectivity index (χ4n) is 1.71. The average Bonchev–Trinajstić information content (AvgIpc) is 2.67. The van der Waals surface area contributed by atoms with E-state index in [1.54, 1.807) is 0 Å². The van der Waals surface area contributed by atoms with Crippen LogP contribution in [0.5, 0.6) is 0 Å². The molecule has 0 aromatic carbocycles. The molecule has 15 heavy (non-hydrogen) atoms. The smallest absolute Gasteiger partial charge is 0.110 e. The zero-order valence-corrected chi connectivity index (χ0v) is 11.0. The first-order valence-electron chi connectivity index (χ1n) is 5.89. The Balaban J connectivity index is 2.63. The van der Waals surface area contributed by atoms with Crippen LogP contribution in [0.3, 0.4) is 0 Å². The normalized spacial score (nSPS) is 13.4. The molecule has 1 aromatic rings. The van der Waals surface area contributed by atoms with Gasteiger partial charge in [0, 0.05) is 17.1 Å². The number of nitrogens with one attached hydrogen (secondary N) is 1. The molecule has 0 spiro atoms. The molecule has 1 aromatic heterocycles. The summed E-state index contributed by atoms with van der Waals surface area (Å²) in [5, 5.41) is 4.92. The number of aromatic nitrogens is 1. The van der Waals surface area contributed by atoms with Crippen LogP contribution in [0.2, 0.25) is 0 Å². The summed E-state index contributed by atoms with van der Waals surface area (Å²) in [6.45, 7) is 8.81.